The van der Waals surface area contributed by atoms with Crippen molar-refractivity contribution in [1.82, 2.24) is 4.90 Å². The van der Waals surface area contributed by atoms with Gasteiger partial charge in [-0.25, -0.2) is 0 Å². The molecular weight excluding hydrogens is 230 g/mol. The summed E-state index contributed by atoms with van der Waals surface area (Å²) in [5, 5.41) is 0.761. The molecule has 0 aromatic heterocycles. The van der Waals surface area contributed by atoms with Crippen LogP contribution in [0.1, 0.15) is 46.5 Å². The summed E-state index contributed by atoms with van der Waals surface area (Å²) in [5.41, 5.74) is 3.58. The van der Waals surface area contributed by atoms with Gasteiger partial charge in [-0.15, -0.1) is 0 Å². The first kappa shape index (κ1) is 14.1. The van der Waals surface area contributed by atoms with Crippen LogP contribution in [-0.4, -0.2) is 4.90 Å². The van der Waals surface area contributed by atoms with Crippen LogP contribution in [0.15, 0.2) is 46.9 Å². The maximum absolute atomic E-state index is 6.08. The lowest BCUT2D eigenvalue weighted by Crippen LogP contribution is -2.14. The zero-order valence-electron chi connectivity index (χ0n) is 11.1. The molecule has 17 heavy (non-hydrogen) atoms. The van der Waals surface area contributed by atoms with Gasteiger partial charge in [0.15, 0.2) is 0 Å². The Bertz CT molecular complexity index is 374. The van der Waals surface area contributed by atoms with E-state index < -0.39 is 0 Å². The highest BCUT2D eigenvalue weighted by molar-refractivity contribution is 6.31. The molecule has 0 fully saturated rings. The fourth-order valence-corrected chi connectivity index (χ4v) is 2.06. The summed E-state index contributed by atoms with van der Waals surface area (Å²) >= 11 is 6.08. The van der Waals surface area contributed by atoms with Gasteiger partial charge in [-0.2, -0.15) is 0 Å². The lowest BCUT2D eigenvalue weighted by atomic mass is 10.1. The predicted molar refractivity (Wildman–Crippen MR) is 76.6 cm³/mol. The Morgan fingerprint density at radius 1 is 1.47 bits per heavy atom. The molecule has 0 atom stereocenters. The minimum atomic E-state index is 0.761. The van der Waals surface area contributed by atoms with Crippen molar-refractivity contribution in [2.24, 2.45) is 0 Å². The van der Waals surface area contributed by atoms with Crippen molar-refractivity contribution in [1.29, 1.82) is 0 Å². The predicted octanol–water partition coefficient (Wildman–Crippen LogP) is 5.33. The van der Waals surface area contributed by atoms with Crippen LogP contribution in [-0.2, 0) is 0 Å². The van der Waals surface area contributed by atoms with Crippen molar-refractivity contribution >= 4 is 11.6 Å². The molecule has 0 unspecified atom stereocenters. The Kier molecular flexibility index (Phi) is 5.57. The molecule has 1 nitrogen and oxygen atoms in total. The minimum absolute atomic E-state index is 0.761. The molecule has 1 aliphatic heterocycles. The van der Waals surface area contributed by atoms with Crippen molar-refractivity contribution in [3.8, 4) is 0 Å². The quantitative estimate of drug-likeness (QED) is 0.639. The van der Waals surface area contributed by atoms with E-state index in [0.29, 0.717) is 0 Å². The Balaban J connectivity index is 2.82. The van der Waals surface area contributed by atoms with E-state index in [-0.39, 0.29) is 0 Å². The second-order valence-corrected chi connectivity index (χ2v) is 4.88. The third-order valence-electron chi connectivity index (χ3n) is 3.01. The molecule has 0 aromatic rings. The van der Waals surface area contributed by atoms with Gasteiger partial charge in [-0.1, -0.05) is 44.0 Å². The first-order valence-corrected chi connectivity index (χ1v) is 6.69. The van der Waals surface area contributed by atoms with Crippen molar-refractivity contribution in [3.63, 3.8) is 0 Å². The Morgan fingerprint density at radius 2 is 2.18 bits per heavy atom. The molecule has 0 radical (unpaired) electrons. The van der Waals surface area contributed by atoms with Gasteiger partial charge in [-0.3, -0.25) is 0 Å². The van der Waals surface area contributed by atoms with Gasteiger partial charge in [-0.05, 0) is 37.8 Å². The molecule has 1 heterocycles. The fourth-order valence-electron chi connectivity index (χ4n) is 1.79. The van der Waals surface area contributed by atoms with Gasteiger partial charge in [0.2, 0.25) is 0 Å². The van der Waals surface area contributed by atoms with Crippen LogP contribution in [0.5, 0.6) is 0 Å². The second kappa shape index (κ2) is 6.70. The first-order chi connectivity index (χ1) is 8.08. The lowest BCUT2D eigenvalue weighted by molar-refractivity contribution is 0.613. The summed E-state index contributed by atoms with van der Waals surface area (Å²) in [7, 11) is 0. The van der Waals surface area contributed by atoms with Crippen LogP contribution in [0.3, 0.4) is 0 Å². The van der Waals surface area contributed by atoms with Gasteiger partial charge in [0.1, 0.15) is 0 Å². The maximum atomic E-state index is 6.08. The zero-order valence-corrected chi connectivity index (χ0v) is 11.8. The molecule has 1 rings (SSSR count). The molecular formula is C15H22ClN. The Hall–Kier alpha value is -0.950. The van der Waals surface area contributed by atoms with Gasteiger partial charge < -0.3 is 4.90 Å². The Morgan fingerprint density at radius 3 is 2.76 bits per heavy atom. The number of halogens is 1. The first-order valence-electron chi connectivity index (χ1n) is 6.31. The largest absolute Gasteiger partial charge is 0.323 e. The molecule has 1 aliphatic rings. The smallest absolute Gasteiger partial charge is 0.0575 e. The van der Waals surface area contributed by atoms with Crippen molar-refractivity contribution in [3.05, 3.63) is 46.9 Å². The summed E-state index contributed by atoms with van der Waals surface area (Å²) in [6.07, 6.45) is 10.8. The second-order valence-electron chi connectivity index (χ2n) is 4.44. The summed E-state index contributed by atoms with van der Waals surface area (Å²) in [6, 6.07) is 0. The number of hydrogen-bond donors (Lipinski definition) is 0. The van der Waals surface area contributed by atoms with Gasteiger partial charge >= 0.3 is 0 Å². The monoisotopic (exact) mass is 251 g/mol. The van der Waals surface area contributed by atoms with Gasteiger partial charge in [0.05, 0.1) is 5.03 Å². The number of rotatable bonds is 5. The van der Waals surface area contributed by atoms with E-state index in [2.05, 4.69) is 26.6 Å². The van der Waals surface area contributed by atoms with Crippen LogP contribution >= 0.6 is 11.6 Å². The Labute approximate surface area is 110 Å². The summed E-state index contributed by atoms with van der Waals surface area (Å²) in [6.45, 7) is 10.5. The van der Waals surface area contributed by atoms with E-state index in [9.17, 15) is 0 Å². The molecule has 0 spiro atoms. The van der Waals surface area contributed by atoms with E-state index in [1.165, 1.54) is 18.4 Å². The van der Waals surface area contributed by atoms with Crippen molar-refractivity contribution in [2.75, 3.05) is 0 Å². The van der Waals surface area contributed by atoms with Crippen LogP contribution in [0.25, 0.3) is 0 Å². The summed E-state index contributed by atoms with van der Waals surface area (Å²) < 4.78 is 0. The van der Waals surface area contributed by atoms with Crippen molar-refractivity contribution < 1.29 is 0 Å². The highest BCUT2D eigenvalue weighted by Crippen LogP contribution is 2.26. The molecule has 0 saturated carbocycles. The summed E-state index contributed by atoms with van der Waals surface area (Å²) in [4.78, 5) is 2.05. The van der Waals surface area contributed by atoms with Gasteiger partial charge in [0, 0.05) is 18.1 Å². The highest BCUT2D eigenvalue weighted by atomic mass is 35.5. The molecule has 0 aromatic carbocycles. The van der Waals surface area contributed by atoms with Crippen LogP contribution in [0, 0.1) is 0 Å². The SMILES string of the molecule is C=C1C(C)=CC(Cl)=CN1/C=C(/CC)CCCC. The van der Waals surface area contributed by atoms with E-state index in [1.54, 1.807) is 0 Å². The number of nitrogens with zero attached hydrogens (tertiary/aromatic N) is 1. The van der Waals surface area contributed by atoms with Crippen molar-refractivity contribution in [2.45, 2.75) is 46.5 Å². The molecule has 94 valence electrons. The highest BCUT2D eigenvalue weighted by Gasteiger charge is 2.11. The standard InChI is InChI=1S/C15H22ClN/c1-5-7-8-14(6-2)10-17-11-15(16)9-12(3)13(17)4/h9-11H,4-8H2,1-3H3/b14-10-. The third kappa shape index (κ3) is 4.08. The van der Waals surface area contributed by atoms with Gasteiger partial charge in [0.25, 0.3) is 0 Å². The molecule has 0 saturated heterocycles. The van der Waals surface area contributed by atoms with Crippen LogP contribution in [0.4, 0.5) is 0 Å². The van der Waals surface area contributed by atoms with E-state index in [1.807, 2.05) is 24.1 Å². The molecule has 0 aliphatic carbocycles. The van der Waals surface area contributed by atoms with E-state index >= 15 is 0 Å². The number of hydrogen-bond acceptors (Lipinski definition) is 1. The van der Waals surface area contributed by atoms with Crippen LogP contribution in [0.2, 0.25) is 0 Å². The average molecular weight is 252 g/mol. The topological polar surface area (TPSA) is 3.24 Å². The number of allylic oxidation sites excluding steroid dienone is 4. The van der Waals surface area contributed by atoms with Crippen LogP contribution < -0.4 is 0 Å². The molecule has 2 heteroatoms. The number of unbranched alkanes of at least 4 members (excludes halogenated alkanes) is 1. The lowest BCUT2D eigenvalue weighted by Gasteiger charge is -2.24. The zero-order chi connectivity index (χ0) is 12.8. The maximum Gasteiger partial charge on any atom is 0.0575 e. The molecule has 0 bridgehead atoms. The third-order valence-corrected chi connectivity index (χ3v) is 3.22. The average Bonchev–Trinajstić information content (AvgIpc) is 2.30. The molecule has 0 amide bonds. The normalized spacial score (nSPS) is 17.1. The van der Waals surface area contributed by atoms with E-state index in [4.69, 9.17) is 11.6 Å². The minimum Gasteiger partial charge on any atom is -0.323 e. The summed E-state index contributed by atoms with van der Waals surface area (Å²) in [5.74, 6) is 0. The fraction of sp³-hybridized carbons (Fsp3) is 0.467. The van der Waals surface area contributed by atoms with E-state index in [0.717, 1.165) is 29.1 Å². The molecule has 0 N–H and O–H groups in total.